The molecule has 6 heteroatoms. The number of carbonyl (C=O) groups excluding carboxylic acids is 1. The SMILES string of the molecule is C=C1CC23CC1(O)CCC2C12C=CC(O)C(C(=O)O1)C2C3C(=O)O. The predicted molar refractivity (Wildman–Crippen MR) is 80.6 cm³/mol. The normalized spacial score (nSPS) is 56.8. The third-order valence-corrected chi connectivity index (χ3v) is 7.53. The first-order valence-corrected chi connectivity index (χ1v) is 8.49. The molecule has 4 aliphatic carbocycles. The predicted octanol–water partition coefficient (Wildman–Crippen LogP) is 0.637. The van der Waals surface area contributed by atoms with Crippen LogP contribution in [0.25, 0.3) is 0 Å². The van der Waals surface area contributed by atoms with Crippen LogP contribution in [-0.4, -0.2) is 44.6 Å². The summed E-state index contributed by atoms with van der Waals surface area (Å²) in [5.41, 5.74) is -1.94. The van der Waals surface area contributed by atoms with Gasteiger partial charge in [-0.2, -0.15) is 0 Å². The Labute approximate surface area is 138 Å². The molecule has 3 N–H and O–H groups in total. The van der Waals surface area contributed by atoms with Gasteiger partial charge in [-0.25, -0.2) is 0 Å². The van der Waals surface area contributed by atoms with Crippen LogP contribution in [0.5, 0.6) is 0 Å². The summed E-state index contributed by atoms with van der Waals surface area (Å²) < 4.78 is 5.77. The number of carboxylic acid groups (broad SMARTS) is 1. The Balaban J connectivity index is 1.75. The van der Waals surface area contributed by atoms with Crippen molar-refractivity contribution in [2.75, 3.05) is 0 Å². The minimum Gasteiger partial charge on any atom is -0.481 e. The van der Waals surface area contributed by atoms with Crippen molar-refractivity contribution in [3.05, 3.63) is 24.3 Å². The summed E-state index contributed by atoms with van der Waals surface area (Å²) in [6.45, 7) is 4.01. The first kappa shape index (κ1) is 14.7. The van der Waals surface area contributed by atoms with Crippen molar-refractivity contribution in [3.8, 4) is 0 Å². The van der Waals surface area contributed by atoms with Crippen LogP contribution in [0.3, 0.4) is 0 Å². The number of aliphatic hydroxyl groups is 2. The molecule has 0 aromatic heterocycles. The van der Waals surface area contributed by atoms with Gasteiger partial charge < -0.3 is 20.1 Å². The maximum absolute atomic E-state index is 12.4. The molecule has 0 amide bonds. The van der Waals surface area contributed by atoms with Gasteiger partial charge in [-0.05, 0) is 42.7 Å². The first-order chi connectivity index (χ1) is 11.3. The van der Waals surface area contributed by atoms with Crippen molar-refractivity contribution >= 4 is 11.9 Å². The third kappa shape index (κ3) is 1.31. The molecule has 1 aliphatic heterocycles. The van der Waals surface area contributed by atoms with E-state index >= 15 is 0 Å². The molecule has 4 bridgehead atoms. The molecule has 8 atom stereocenters. The van der Waals surface area contributed by atoms with Crippen LogP contribution in [0.1, 0.15) is 25.7 Å². The van der Waals surface area contributed by atoms with E-state index in [2.05, 4.69) is 6.58 Å². The summed E-state index contributed by atoms with van der Waals surface area (Å²) in [6.07, 6.45) is 4.19. The third-order valence-electron chi connectivity index (χ3n) is 7.53. The molecule has 0 radical (unpaired) electrons. The second kappa shape index (κ2) is 3.94. The van der Waals surface area contributed by atoms with E-state index in [9.17, 15) is 24.9 Å². The zero-order valence-corrected chi connectivity index (χ0v) is 13.1. The largest absolute Gasteiger partial charge is 0.481 e. The monoisotopic (exact) mass is 332 g/mol. The lowest BCUT2D eigenvalue weighted by atomic mass is 9.62. The van der Waals surface area contributed by atoms with Crippen molar-refractivity contribution in [1.82, 2.24) is 0 Å². The Morgan fingerprint density at radius 1 is 1.42 bits per heavy atom. The maximum atomic E-state index is 12.4. The van der Waals surface area contributed by atoms with E-state index in [-0.39, 0.29) is 5.92 Å². The summed E-state index contributed by atoms with van der Waals surface area (Å²) in [6, 6.07) is 0. The van der Waals surface area contributed by atoms with Gasteiger partial charge in [-0.1, -0.05) is 12.7 Å². The highest BCUT2D eigenvalue weighted by Crippen LogP contribution is 2.75. The topological polar surface area (TPSA) is 104 Å². The average Bonchev–Trinajstić information content (AvgIpc) is 2.92. The molecule has 6 nitrogen and oxygen atoms in total. The van der Waals surface area contributed by atoms with Gasteiger partial charge in [0.05, 0.1) is 23.5 Å². The van der Waals surface area contributed by atoms with Crippen LogP contribution in [0.4, 0.5) is 0 Å². The standard InChI is InChI=1S/C18H20O6/c1-8-6-16-7-17(8,23)4-3-10(16)18-5-2-9(19)11(15(22)24-18)12(18)13(16)14(20)21/h2,5,9-13,19,23H,1,3-4,6-7H2,(H,20,21). The number of esters is 1. The van der Waals surface area contributed by atoms with Crippen LogP contribution >= 0.6 is 0 Å². The van der Waals surface area contributed by atoms with Crippen LogP contribution in [0, 0.1) is 29.1 Å². The van der Waals surface area contributed by atoms with E-state index in [0.717, 1.165) is 0 Å². The van der Waals surface area contributed by atoms with Gasteiger partial charge in [-0.15, -0.1) is 0 Å². The molecule has 8 unspecified atom stereocenters. The molecule has 0 aromatic carbocycles. The Hall–Kier alpha value is -1.66. The molecule has 0 aromatic rings. The maximum Gasteiger partial charge on any atom is 0.313 e. The molecule has 5 aliphatic rings. The lowest BCUT2D eigenvalue weighted by Crippen LogP contribution is -2.46. The fraction of sp³-hybridized carbons (Fsp3) is 0.667. The van der Waals surface area contributed by atoms with E-state index in [4.69, 9.17) is 4.74 Å². The van der Waals surface area contributed by atoms with Gasteiger partial charge in [-0.3, -0.25) is 9.59 Å². The van der Waals surface area contributed by atoms with Crippen molar-refractivity contribution in [2.45, 2.75) is 43.0 Å². The second-order valence-corrected chi connectivity index (χ2v) is 8.30. The minimum absolute atomic E-state index is 0.159. The number of hydrogen-bond donors (Lipinski definition) is 3. The second-order valence-electron chi connectivity index (χ2n) is 8.30. The Morgan fingerprint density at radius 3 is 2.88 bits per heavy atom. The zero-order valence-electron chi connectivity index (χ0n) is 13.1. The molecule has 1 heterocycles. The lowest BCUT2D eigenvalue weighted by molar-refractivity contribution is -0.157. The molecule has 1 spiro atoms. The van der Waals surface area contributed by atoms with E-state index in [1.54, 1.807) is 12.2 Å². The zero-order chi connectivity index (χ0) is 17.1. The fourth-order valence-electron chi connectivity index (χ4n) is 6.84. The average molecular weight is 332 g/mol. The highest BCUT2D eigenvalue weighted by Gasteiger charge is 2.80. The van der Waals surface area contributed by atoms with Gasteiger partial charge in [0.25, 0.3) is 0 Å². The first-order valence-electron chi connectivity index (χ1n) is 8.49. The quantitative estimate of drug-likeness (QED) is 0.481. The summed E-state index contributed by atoms with van der Waals surface area (Å²) in [7, 11) is 0. The van der Waals surface area contributed by atoms with E-state index < -0.39 is 52.4 Å². The van der Waals surface area contributed by atoms with Gasteiger partial charge in [0.15, 0.2) is 0 Å². The highest BCUT2D eigenvalue weighted by molar-refractivity contribution is 5.83. The number of aliphatic hydroxyl groups excluding tert-OH is 1. The van der Waals surface area contributed by atoms with Crippen molar-refractivity contribution in [1.29, 1.82) is 0 Å². The Bertz CT molecular complexity index is 727. The molecule has 24 heavy (non-hydrogen) atoms. The highest BCUT2D eigenvalue weighted by atomic mass is 16.6. The van der Waals surface area contributed by atoms with Crippen molar-refractivity contribution in [2.24, 2.45) is 29.1 Å². The summed E-state index contributed by atoms with van der Waals surface area (Å²) >= 11 is 0. The number of fused-ring (bicyclic) bond motifs is 1. The van der Waals surface area contributed by atoms with Crippen molar-refractivity contribution < 1.29 is 29.6 Å². The van der Waals surface area contributed by atoms with E-state index in [1.165, 1.54) is 0 Å². The van der Waals surface area contributed by atoms with Crippen LogP contribution in [-0.2, 0) is 14.3 Å². The number of hydrogen-bond acceptors (Lipinski definition) is 5. The van der Waals surface area contributed by atoms with Gasteiger partial charge in [0.1, 0.15) is 5.60 Å². The van der Waals surface area contributed by atoms with Gasteiger partial charge in [0, 0.05) is 11.8 Å². The summed E-state index contributed by atoms with van der Waals surface area (Å²) in [5, 5.41) is 31.2. The molecule has 128 valence electrons. The Morgan fingerprint density at radius 2 is 2.17 bits per heavy atom. The molecule has 3 saturated carbocycles. The molecular weight excluding hydrogens is 312 g/mol. The number of aliphatic carboxylic acids is 1. The molecule has 4 fully saturated rings. The van der Waals surface area contributed by atoms with Gasteiger partial charge >= 0.3 is 11.9 Å². The van der Waals surface area contributed by atoms with Crippen LogP contribution in [0.15, 0.2) is 24.3 Å². The molecule has 5 rings (SSSR count). The van der Waals surface area contributed by atoms with E-state index in [0.29, 0.717) is 31.3 Å². The fourth-order valence-corrected chi connectivity index (χ4v) is 6.84. The number of rotatable bonds is 1. The number of ether oxygens (including phenoxy) is 1. The molecular formula is C18H20O6. The van der Waals surface area contributed by atoms with E-state index in [1.807, 2.05) is 0 Å². The van der Waals surface area contributed by atoms with Crippen molar-refractivity contribution in [3.63, 3.8) is 0 Å². The summed E-state index contributed by atoms with van der Waals surface area (Å²) in [4.78, 5) is 24.6. The van der Waals surface area contributed by atoms with Crippen LogP contribution in [0.2, 0.25) is 0 Å². The number of carbonyl (C=O) groups is 2. The lowest BCUT2D eigenvalue weighted by Gasteiger charge is -2.44. The Kier molecular flexibility index (Phi) is 2.41. The smallest absolute Gasteiger partial charge is 0.313 e. The molecule has 1 saturated heterocycles. The number of carboxylic acids is 1. The summed E-state index contributed by atoms with van der Waals surface area (Å²) in [5.74, 6) is -3.88. The van der Waals surface area contributed by atoms with Gasteiger partial charge in [0.2, 0.25) is 0 Å². The minimum atomic E-state index is -1.01. The van der Waals surface area contributed by atoms with Crippen LogP contribution < -0.4 is 0 Å².